The lowest BCUT2D eigenvalue weighted by molar-refractivity contribution is 0.282. The Morgan fingerprint density at radius 1 is 1.25 bits per heavy atom. The molecule has 0 fully saturated rings. The summed E-state index contributed by atoms with van der Waals surface area (Å²) in [4.78, 5) is 0. The summed E-state index contributed by atoms with van der Waals surface area (Å²) in [7, 11) is 0. The van der Waals surface area contributed by atoms with Crippen LogP contribution in [0.5, 0.6) is 0 Å². The topological polar surface area (TPSA) is 32.3 Å². The van der Waals surface area contributed by atoms with Crippen LogP contribution < -0.4 is 5.32 Å². The summed E-state index contributed by atoms with van der Waals surface area (Å²) in [6.45, 7) is 5.65. The summed E-state index contributed by atoms with van der Waals surface area (Å²) in [5.74, 6) is 0. The first-order chi connectivity index (χ1) is 7.74. The van der Waals surface area contributed by atoms with Crippen molar-refractivity contribution in [1.29, 1.82) is 0 Å². The number of nitrogens with one attached hydrogen (secondary N) is 1. The Kier molecular flexibility index (Phi) is 6.12. The number of rotatable bonds is 7. The molecule has 2 heteroatoms. The Hall–Kier alpha value is -0.860. The van der Waals surface area contributed by atoms with Crippen LogP contribution in [0.2, 0.25) is 0 Å². The monoisotopic (exact) mass is 221 g/mol. The summed E-state index contributed by atoms with van der Waals surface area (Å²) < 4.78 is 0. The van der Waals surface area contributed by atoms with Crippen molar-refractivity contribution in [2.45, 2.75) is 39.2 Å². The highest BCUT2D eigenvalue weighted by Crippen LogP contribution is 2.13. The summed E-state index contributed by atoms with van der Waals surface area (Å²) in [5, 5.41) is 12.2. The van der Waals surface area contributed by atoms with Crippen LogP contribution in [0.25, 0.3) is 0 Å². The van der Waals surface area contributed by atoms with Gasteiger partial charge in [-0.1, -0.05) is 29.8 Å². The maximum Gasteiger partial charge on any atom is 0.0431 e. The number of aryl methyl sites for hydroxylation is 1. The molecule has 0 saturated heterocycles. The molecule has 90 valence electrons. The number of hydrogen-bond donors (Lipinski definition) is 2. The molecule has 0 aromatic heterocycles. The van der Waals surface area contributed by atoms with Gasteiger partial charge in [0.1, 0.15) is 0 Å². The second-order valence-electron chi connectivity index (χ2n) is 4.37. The van der Waals surface area contributed by atoms with Gasteiger partial charge in [0, 0.05) is 12.6 Å². The largest absolute Gasteiger partial charge is 0.396 e. The Morgan fingerprint density at radius 2 is 2.06 bits per heavy atom. The lowest BCUT2D eigenvalue weighted by atomic mass is 10.1. The highest BCUT2D eigenvalue weighted by atomic mass is 16.2. The summed E-state index contributed by atoms with van der Waals surface area (Å²) in [5.41, 5.74) is 2.66. The third-order valence-corrected chi connectivity index (χ3v) is 2.83. The van der Waals surface area contributed by atoms with Crippen LogP contribution in [-0.4, -0.2) is 18.3 Å². The first-order valence-electron chi connectivity index (χ1n) is 6.15. The van der Waals surface area contributed by atoms with Gasteiger partial charge in [-0.05, 0) is 45.2 Å². The summed E-state index contributed by atoms with van der Waals surface area (Å²) >= 11 is 0. The van der Waals surface area contributed by atoms with Gasteiger partial charge in [0.2, 0.25) is 0 Å². The van der Waals surface area contributed by atoms with Gasteiger partial charge in [-0.2, -0.15) is 0 Å². The molecule has 1 aromatic rings. The second kappa shape index (κ2) is 7.42. The molecule has 2 N–H and O–H groups in total. The first-order valence-corrected chi connectivity index (χ1v) is 6.15. The molecule has 2 nitrogen and oxygen atoms in total. The fourth-order valence-electron chi connectivity index (χ4n) is 1.79. The molecular formula is C14H23NO. The van der Waals surface area contributed by atoms with Gasteiger partial charge in [-0.15, -0.1) is 0 Å². The zero-order valence-corrected chi connectivity index (χ0v) is 10.4. The van der Waals surface area contributed by atoms with E-state index in [2.05, 4.69) is 43.4 Å². The van der Waals surface area contributed by atoms with Gasteiger partial charge in [0.05, 0.1) is 0 Å². The Morgan fingerprint density at radius 3 is 2.75 bits per heavy atom. The summed E-state index contributed by atoms with van der Waals surface area (Å²) in [6.07, 6.45) is 3.15. The normalized spacial score (nSPS) is 12.7. The van der Waals surface area contributed by atoms with Gasteiger partial charge >= 0.3 is 0 Å². The molecule has 0 heterocycles. The number of hydrogen-bond acceptors (Lipinski definition) is 2. The lowest BCUT2D eigenvalue weighted by Crippen LogP contribution is -2.19. The van der Waals surface area contributed by atoms with Crippen LogP contribution >= 0.6 is 0 Å². The highest BCUT2D eigenvalue weighted by molar-refractivity contribution is 5.24. The van der Waals surface area contributed by atoms with E-state index >= 15 is 0 Å². The Balaban J connectivity index is 2.27. The molecule has 0 amide bonds. The predicted molar refractivity (Wildman–Crippen MR) is 68.5 cm³/mol. The molecule has 16 heavy (non-hydrogen) atoms. The number of aliphatic hydroxyl groups is 1. The van der Waals surface area contributed by atoms with E-state index in [1.165, 1.54) is 11.1 Å². The van der Waals surface area contributed by atoms with Crippen LogP contribution in [0.1, 0.15) is 43.4 Å². The predicted octanol–water partition coefficient (Wildman–Crippen LogP) is 2.81. The van der Waals surface area contributed by atoms with Crippen molar-refractivity contribution >= 4 is 0 Å². The Labute approximate surface area is 98.7 Å². The zero-order chi connectivity index (χ0) is 11.8. The van der Waals surface area contributed by atoms with Gasteiger partial charge in [0.15, 0.2) is 0 Å². The van der Waals surface area contributed by atoms with Crippen molar-refractivity contribution in [2.75, 3.05) is 13.2 Å². The maximum atomic E-state index is 8.66. The molecule has 0 bridgehead atoms. The van der Waals surface area contributed by atoms with E-state index in [0.29, 0.717) is 12.6 Å². The van der Waals surface area contributed by atoms with Crippen LogP contribution in [0.3, 0.4) is 0 Å². The number of unbranched alkanes of at least 4 members (excludes halogenated alkanes) is 2. The molecule has 0 radical (unpaired) electrons. The van der Waals surface area contributed by atoms with E-state index in [1.54, 1.807) is 0 Å². The average molecular weight is 221 g/mol. The molecule has 0 spiro atoms. The van der Waals surface area contributed by atoms with E-state index < -0.39 is 0 Å². The zero-order valence-electron chi connectivity index (χ0n) is 10.4. The highest BCUT2D eigenvalue weighted by Gasteiger charge is 2.03. The fourth-order valence-corrected chi connectivity index (χ4v) is 1.79. The van der Waals surface area contributed by atoms with Crippen molar-refractivity contribution in [3.63, 3.8) is 0 Å². The number of benzene rings is 1. The second-order valence-corrected chi connectivity index (χ2v) is 4.37. The minimum atomic E-state index is 0.313. The van der Waals surface area contributed by atoms with Gasteiger partial charge in [-0.3, -0.25) is 0 Å². The van der Waals surface area contributed by atoms with E-state index in [-0.39, 0.29) is 0 Å². The average Bonchev–Trinajstić information content (AvgIpc) is 2.28. The van der Waals surface area contributed by atoms with Crippen LogP contribution in [0.4, 0.5) is 0 Å². The molecule has 0 aliphatic rings. The van der Waals surface area contributed by atoms with Crippen molar-refractivity contribution < 1.29 is 5.11 Å². The fraction of sp³-hybridized carbons (Fsp3) is 0.571. The standard InChI is InChI=1S/C14H23NO/c1-12-7-6-8-14(11-12)13(2)15-9-4-3-5-10-16/h6-8,11,13,15-16H,3-5,9-10H2,1-2H3/t13-/m0/s1. The smallest absolute Gasteiger partial charge is 0.0431 e. The number of aliphatic hydroxyl groups excluding tert-OH is 1. The quantitative estimate of drug-likeness (QED) is 0.694. The maximum absolute atomic E-state index is 8.66. The Bertz CT molecular complexity index is 299. The molecule has 1 aromatic carbocycles. The van der Waals surface area contributed by atoms with Crippen molar-refractivity contribution in [3.8, 4) is 0 Å². The van der Waals surface area contributed by atoms with Crippen LogP contribution in [-0.2, 0) is 0 Å². The molecule has 1 atom stereocenters. The van der Waals surface area contributed by atoms with E-state index in [4.69, 9.17) is 5.11 Å². The SMILES string of the molecule is Cc1cccc([C@H](C)NCCCCCO)c1. The van der Waals surface area contributed by atoms with E-state index in [0.717, 1.165) is 25.8 Å². The van der Waals surface area contributed by atoms with Gasteiger partial charge < -0.3 is 10.4 Å². The first kappa shape index (κ1) is 13.2. The third-order valence-electron chi connectivity index (χ3n) is 2.83. The van der Waals surface area contributed by atoms with Crippen molar-refractivity contribution in [1.82, 2.24) is 5.32 Å². The van der Waals surface area contributed by atoms with E-state index in [1.807, 2.05) is 0 Å². The molecule has 0 aliphatic carbocycles. The molecule has 0 saturated carbocycles. The van der Waals surface area contributed by atoms with Crippen LogP contribution in [0, 0.1) is 6.92 Å². The van der Waals surface area contributed by atoms with E-state index in [9.17, 15) is 0 Å². The summed E-state index contributed by atoms with van der Waals surface area (Å²) in [6, 6.07) is 9.03. The third kappa shape index (κ3) is 4.77. The molecular weight excluding hydrogens is 198 g/mol. The molecule has 0 unspecified atom stereocenters. The van der Waals surface area contributed by atoms with Gasteiger partial charge in [-0.25, -0.2) is 0 Å². The van der Waals surface area contributed by atoms with Gasteiger partial charge in [0.25, 0.3) is 0 Å². The lowest BCUT2D eigenvalue weighted by Gasteiger charge is -2.14. The van der Waals surface area contributed by atoms with Crippen molar-refractivity contribution in [2.24, 2.45) is 0 Å². The minimum Gasteiger partial charge on any atom is -0.396 e. The molecule has 1 rings (SSSR count). The molecule has 0 aliphatic heterocycles. The minimum absolute atomic E-state index is 0.313. The van der Waals surface area contributed by atoms with Crippen LogP contribution in [0.15, 0.2) is 24.3 Å². The van der Waals surface area contributed by atoms with Crippen molar-refractivity contribution in [3.05, 3.63) is 35.4 Å².